The van der Waals surface area contributed by atoms with Crippen LogP contribution in [-0.2, 0) is 6.42 Å². The number of benzene rings is 3. The fourth-order valence-electron chi connectivity index (χ4n) is 2.27. The van der Waals surface area contributed by atoms with E-state index in [1.807, 2.05) is 60.7 Å². The van der Waals surface area contributed by atoms with Gasteiger partial charge in [0.2, 0.25) is 0 Å². The van der Waals surface area contributed by atoms with Crippen LogP contribution in [0.4, 0.5) is 17.1 Å². The fourth-order valence-corrected chi connectivity index (χ4v) is 2.27. The fraction of sp³-hybridized carbons (Fsp3) is 0.0500. The molecule has 3 aromatic rings. The molecule has 3 rings (SSSR count). The lowest BCUT2D eigenvalue weighted by atomic mass is 10.1. The van der Waals surface area contributed by atoms with Crippen molar-refractivity contribution in [3.05, 3.63) is 101 Å². The average Bonchev–Trinajstić information content (AvgIpc) is 2.72. The van der Waals surface area contributed by atoms with Gasteiger partial charge in [0, 0.05) is 18.6 Å². The van der Waals surface area contributed by atoms with Gasteiger partial charge in [0.05, 0.1) is 16.3 Å². The van der Waals surface area contributed by atoms with Gasteiger partial charge in [-0.2, -0.15) is 5.10 Å². The molecule has 0 amide bonds. The minimum Gasteiger partial charge on any atom is -0.277 e. The Balaban J connectivity index is 1.78. The van der Waals surface area contributed by atoms with E-state index in [1.54, 1.807) is 12.1 Å². The maximum atomic E-state index is 10.7. The van der Waals surface area contributed by atoms with E-state index in [2.05, 4.69) is 20.8 Å². The van der Waals surface area contributed by atoms with Crippen molar-refractivity contribution in [1.82, 2.24) is 0 Å². The predicted molar refractivity (Wildman–Crippen MR) is 105 cm³/mol. The first-order valence-electron chi connectivity index (χ1n) is 8.28. The summed E-state index contributed by atoms with van der Waals surface area (Å²) < 4.78 is 0. The number of azo groups is 1. The van der Waals surface area contributed by atoms with Crippen LogP contribution in [0.3, 0.4) is 0 Å². The van der Waals surface area contributed by atoms with Crippen LogP contribution in [0.1, 0.15) is 5.56 Å². The van der Waals surface area contributed by atoms with Crippen LogP contribution in [-0.4, -0.2) is 10.8 Å². The molecule has 0 radical (unpaired) electrons. The molecule has 7 nitrogen and oxygen atoms in total. The number of rotatable bonds is 6. The van der Waals surface area contributed by atoms with Crippen molar-refractivity contribution >= 4 is 22.9 Å². The molecule has 0 fully saturated rings. The molecule has 0 spiro atoms. The van der Waals surface area contributed by atoms with Gasteiger partial charge in [0.15, 0.2) is 5.84 Å². The molecule has 0 aliphatic carbocycles. The number of hydrazone groups is 1. The van der Waals surface area contributed by atoms with Gasteiger partial charge in [-0.15, -0.1) is 10.2 Å². The Hall–Kier alpha value is -3.87. The van der Waals surface area contributed by atoms with Gasteiger partial charge in [-0.3, -0.25) is 15.5 Å². The van der Waals surface area contributed by atoms with Crippen LogP contribution in [0.2, 0.25) is 0 Å². The number of hydrogen-bond acceptors (Lipinski definition) is 5. The number of nitro groups is 1. The Morgan fingerprint density at radius 1 is 0.889 bits per heavy atom. The van der Waals surface area contributed by atoms with Gasteiger partial charge < -0.3 is 0 Å². The van der Waals surface area contributed by atoms with E-state index >= 15 is 0 Å². The van der Waals surface area contributed by atoms with Crippen molar-refractivity contribution < 1.29 is 4.92 Å². The molecule has 0 saturated heterocycles. The Bertz CT molecular complexity index is 939. The Morgan fingerprint density at radius 2 is 1.52 bits per heavy atom. The Labute approximate surface area is 156 Å². The number of para-hydroxylation sites is 1. The first kappa shape index (κ1) is 17.9. The highest BCUT2D eigenvalue weighted by Gasteiger charge is 2.04. The molecule has 0 aliphatic heterocycles. The van der Waals surface area contributed by atoms with Crippen LogP contribution in [0.15, 0.2) is 100 Å². The second-order valence-corrected chi connectivity index (χ2v) is 5.64. The molecule has 3 aromatic carbocycles. The van der Waals surface area contributed by atoms with Crippen molar-refractivity contribution in [2.45, 2.75) is 6.42 Å². The van der Waals surface area contributed by atoms with E-state index < -0.39 is 4.92 Å². The summed E-state index contributed by atoms with van der Waals surface area (Å²) in [6.45, 7) is 0. The highest BCUT2D eigenvalue weighted by Crippen LogP contribution is 2.18. The van der Waals surface area contributed by atoms with E-state index in [4.69, 9.17) is 0 Å². The summed E-state index contributed by atoms with van der Waals surface area (Å²) in [6, 6.07) is 25.2. The number of nitro benzene ring substituents is 1. The van der Waals surface area contributed by atoms with Crippen molar-refractivity contribution in [2.75, 3.05) is 5.43 Å². The summed E-state index contributed by atoms with van der Waals surface area (Å²) in [5.41, 5.74) is 5.39. The quantitative estimate of drug-likeness (QED) is 0.211. The molecule has 0 unspecified atom stereocenters. The molecule has 0 bridgehead atoms. The summed E-state index contributed by atoms with van der Waals surface area (Å²) in [5.74, 6) is 0.489. The third kappa shape index (κ3) is 5.57. The van der Waals surface area contributed by atoms with Crippen LogP contribution in [0.25, 0.3) is 0 Å². The molecule has 0 saturated carbocycles. The number of anilines is 1. The lowest BCUT2D eigenvalue weighted by molar-refractivity contribution is -0.384. The molecule has 1 N–H and O–H groups in total. The first-order chi connectivity index (χ1) is 13.2. The van der Waals surface area contributed by atoms with E-state index in [-0.39, 0.29) is 5.69 Å². The van der Waals surface area contributed by atoms with Crippen molar-refractivity contribution in [2.24, 2.45) is 15.3 Å². The molecule has 7 heteroatoms. The summed E-state index contributed by atoms with van der Waals surface area (Å²) in [4.78, 5) is 10.3. The van der Waals surface area contributed by atoms with E-state index in [1.165, 1.54) is 12.1 Å². The average molecular weight is 359 g/mol. The van der Waals surface area contributed by atoms with Gasteiger partial charge >= 0.3 is 0 Å². The standard InChI is InChI=1S/C20H17N5O2/c26-25(27)19-13-11-18(12-14-19)22-24-20(15-16-7-3-1-4-8-16)23-21-17-9-5-2-6-10-17/h1-14,21H,15H2/b23-20+,24-22?. The number of nitrogens with zero attached hydrogens (tertiary/aromatic N) is 4. The summed E-state index contributed by atoms with van der Waals surface area (Å²) in [5, 5.41) is 23.4. The lowest BCUT2D eigenvalue weighted by Crippen LogP contribution is -2.03. The third-order valence-corrected chi connectivity index (χ3v) is 3.63. The van der Waals surface area contributed by atoms with Gasteiger partial charge in [0.25, 0.3) is 5.69 Å². The number of non-ortho nitro benzene ring substituents is 1. The van der Waals surface area contributed by atoms with Crippen molar-refractivity contribution in [3.63, 3.8) is 0 Å². The van der Waals surface area contributed by atoms with Crippen LogP contribution < -0.4 is 5.43 Å². The second-order valence-electron chi connectivity index (χ2n) is 5.64. The van der Waals surface area contributed by atoms with E-state index in [0.717, 1.165) is 11.3 Å². The van der Waals surface area contributed by atoms with Crippen LogP contribution >= 0.6 is 0 Å². The zero-order chi connectivity index (χ0) is 18.9. The molecular formula is C20H17N5O2. The number of amidine groups is 1. The topological polar surface area (TPSA) is 92.2 Å². The molecule has 134 valence electrons. The largest absolute Gasteiger partial charge is 0.277 e. The van der Waals surface area contributed by atoms with E-state index in [0.29, 0.717) is 17.9 Å². The molecule has 27 heavy (non-hydrogen) atoms. The smallest absolute Gasteiger partial charge is 0.269 e. The highest BCUT2D eigenvalue weighted by atomic mass is 16.6. The van der Waals surface area contributed by atoms with Gasteiger partial charge in [-0.1, -0.05) is 48.5 Å². The molecule has 0 aliphatic rings. The zero-order valence-corrected chi connectivity index (χ0v) is 14.4. The van der Waals surface area contributed by atoms with Crippen molar-refractivity contribution in [3.8, 4) is 0 Å². The van der Waals surface area contributed by atoms with E-state index in [9.17, 15) is 10.1 Å². The van der Waals surface area contributed by atoms with Crippen molar-refractivity contribution in [1.29, 1.82) is 0 Å². The first-order valence-corrected chi connectivity index (χ1v) is 8.28. The maximum Gasteiger partial charge on any atom is 0.269 e. The summed E-state index contributed by atoms with van der Waals surface area (Å²) in [6.07, 6.45) is 0.497. The molecule has 0 heterocycles. The lowest BCUT2D eigenvalue weighted by Gasteiger charge is -2.03. The van der Waals surface area contributed by atoms with Gasteiger partial charge in [-0.25, -0.2) is 0 Å². The number of hydrogen-bond donors (Lipinski definition) is 1. The zero-order valence-electron chi connectivity index (χ0n) is 14.4. The van der Waals surface area contributed by atoms with Gasteiger partial charge in [0.1, 0.15) is 0 Å². The third-order valence-electron chi connectivity index (χ3n) is 3.63. The number of nitrogens with one attached hydrogen (secondary N) is 1. The highest BCUT2D eigenvalue weighted by molar-refractivity contribution is 5.85. The van der Waals surface area contributed by atoms with Crippen LogP contribution in [0, 0.1) is 10.1 Å². The Kier molecular flexibility index (Phi) is 5.98. The monoisotopic (exact) mass is 359 g/mol. The SMILES string of the molecule is O=[N+]([O-])c1ccc(N=N/C(Cc2ccccc2)=N/Nc2ccccc2)cc1. The second kappa shape index (κ2) is 9.00. The Morgan fingerprint density at radius 3 is 2.15 bits per heavy atom. The van der Waals surface area contributed by atoms with Gasteiger partial charge in [-0.05, 0) is 29.8 Å². The summed E-state index contributed by atoms with van der Waals surface area (Å²) in [7, 11) is 0. The summed E-state index contributed by atoms with van der Waals surface area (Å²) >= 11 is 0. The van der Waals surface area contributed by atoms with Crippen LogP contribution in [0.5, 0.6) is 0 Å². The maximum absolute atomic E-state index is 10.7. The minimum absolute atomic E-state index is 0.0119. The molecule has 0 atom stereocenters. The normalized spacial score (nSPS) is 11.5. The predicted octanol–water partition coefficient (Wildman–Crippen LogP) is 5.35. The molecular weight excluding hydrogens is 342 g/mol. The minimum atomic E-state index is -0.451. The molecule has 0 aromatic heterocycles.